The number of hydrogen-bond acceptors (Lipinski definition) is 6. The van der Waals surface area contributed by atoms with Gasteiger partial charge in [-0.2, -0.15) is 4.98 Å². The third-order valence-corrected chi connectivity index (χ3v) is 3.53. The Morgan fingerprint density at radius 1 is 1.45 bits per heavy atom. The van der Waals surface area contributed by atoms with Crippen LogP contribution in [-0.4, -0.2) is 52.4 Å². The van der Waals surface area contributed by atoms with Crippen molar-refractivity contribution in [2.24, 2.45) is 0 Å². The molecule has 1 saturated heterocycles. The molecule has 6 heteroatoms. The van der Waals surface area contributed by atoms with Crippen LogP contribution in [0.2, 0.25) is 0 Å². The van der Waals surface area contributed by atoms with Gasteiger partial charge < -0.3 is 14.9 Å². The van der Waals surface area contributed by atoms with Crippen molar-refractivity contribution in [3.63, 3.8) is 0 Å². The van der Waals surface area contributed by atoms with E-state index in [0.29, 0.717) is 30.8 Å². The van der Waals surface area contributed by atoms with Gasteiger partial charge in [0.15, 0.2) is 5.82 Å². The van der Waals surface area contributed by atoms with Gasteiger partial charge in [0.1, 0.15) is 0 Å². The van der Waals surface area contributed by atoms with E-state index in [4.69, 9.17) is 4.52 Å². The fourth-order valence-electron chi connectivity index (χ4n) is 2.42. The zero-order valence-electron chi connectivity index (χ0n) is 12.7. The minimum absolute atomic E-state index is 0.125. The highest BCUT2D eigenvalue weighted by Crippen LogP contribution is 2.20. The number of nitrogens with zero attached hydrogens (tertiary/aromatic N) is 3. The molecule has 6 nitrogen and oxygen atoms in total. The van der Waals surface area contributed by atoms with Crippen molar-refractivity contribution in [3.8, 4) is 0 Å². The quantitative estimate of drug-likeness (QED) is 0.808. The Morgan fingerprint density at radius 2 is 2.25 bits per heavy atom. The minimum atomic E-state index is -0.125. The third kappa shape index (κ3) is 4.26. The van der Waals surface area contributed by atoms with E-state index in [2.05, 4.69) is 41.1 Å². The van der Waals surface area contributed by atoms with E-state index in [0.717, 1.165) is 13.1 Å². The molecule has 1 aliphatic heterocycles. The lowest BCUT2D eigenvalue weighted by molar-refractivity contribution is 0.174. The molecule has 2 heterocycles. The maximum Gasteiger partial charge on any atom is 0.232 e. The van der Waals surface area contributed by atoms with Crippen LogP contribution in [0, 0.1) is 0 Å². The van der Waals surface area contributed by atoms with Gasteiger partial charge in [-0.3, -0.25) is 4.90 Å². The van der Waals surface area contributed by atoms with Crippen molar-refractivity contribution in [3.05, 3.63) is 11.7 Å². The van der Waals surface area contributed by atoms with E-state index in [1.807, 2.05) is 0 Å². The van der Waals surface area contributed by atoms with E-state index in [1.54, 1.807) is 0 Å². The van der Waals surface area contributed by atoms with Crippen LogP contribution in [0.1, 0.15) is 45.3 Å². The highest BCUT2D eigenvalue weighted by molar-refractivity contribution is 4.98. The van der Waals surface area contributed by atoms with E-state index in [9.17, 15) is 5.11 Å². The molecule has 20 heavy (non-hydrogen) atoms. The third-order valence-electron chi connectivity index (χ3n) is 3.53. The molecule has 0 radical (unpaired) electrons. The van der Waals surface area contributed by atoms with Crippen LogP contribution < -0.4 is 5.32 Å². The predicted molar refractivity (Wildman–Crippen MR) is 76.4 cm³/mol. The molecular weight excluding hydrogens is 256 g/mol. The molecule has 0 saturated carbocycles. The fraction of sp³-hybridized carbons (Fsp3) is 0.857. The molecular formula is C14H26N4O2. The Balaban J connectivity index is 1.94. The molecule has 1 aliphatic rings. The smallest absolute Gasteiger partial charge is 0.232 e. The van der Waals surface area contributed by atoms with Gasteiger partial charge in [-0.15, -0.1) is 0 Å². The second-order valence-corrected chi connectivity index (χ2v) is 6.52. The highest BCUT2D eigenvalue weighted by Gasteiger charge is 2.23. The van der Waals surface area contributed by atoms with Crippen LogP contribution in [0.5, 0.6) is 0 Å². The number of nitrogens with one attached hydrogen (secondary N) is 1. The molecule has 1 unspecified atom stereocenters. The molecule has 0 amide bonds. The maximum absolute atomic E-state index is 9.20. The summed E-state index contributed by atoms with van der Waals surface area (Å²) in [5.74, 6) is 1.36. The summed E-state index contributed by atoms with van der Waals surface area (Å²) in [4.78, 5) is 6.64. The lowest BCUT2D eigenvalue weighted by atomic mass is 9.97. The van der Waals surface area contributed by atoms with Gasteiger partial charge in [-0.25, -0.2) is 0 Å². The van der Waals surface area contributed by atoms with E-state index in [1.165, 1.54) is 12.8 Å². The topological polar surface area (TPSA) is 74.4 Å². The molecule has 0 bridgehead atoms. The monoisotopic (exact) mass is 282 g/mol. The first-order chi connectivity index (χ1) is 9.49. The van der Waals surface area contributed by atoms with Crippen LogP contribution in [0.3, 0.4) is 0 Å². The zero-order valence-corrected chi connectivity index (χ0v) is 12.7. The van der Waals surface area contributed by atoms with Crippen molar-refractivity contribution in [1.29, 1.82) is 0 Å². The van der Waals surface area contributed by atoms with Crippen LogP contribution in [0.25, 0.3) is 0 Å². The Bertz CT molecular complexity index is 408. The van der Waals surface area contributed by atoms with E-state index in [-0.39, 0.29) is 12.0 Å². The van der Waals surface area contributed by atoms with Gasteiger partial charge in [-0.1, -0.05) is 25.9 Å². The second-order valence-electron chi connectivity index (χ2n) is 6.52. The van der Waals surface area contributed by atoms with E-state index >= 15 is 0 Å². The SMILES string of the molecule is CC(C)(C)c1nc(CN(CCO)CC2CCCN2)no1. The summed E-state index contributed by atoms with van der Waals surface area (Å²) < 4.78 is 5.31. The van der Waals surface area contributed by atoms with Crippen LogP contribution in [0.4, 0.5) is 0 Å². The standard InChI is InChI=1S/C14H26N4O2/c1-14(2,3)13-16-12(17-20-13)10-18(7-8-19)9-11-5-4-6-15-11/h11,15,19H,4-10H2,1-3H3. The van der Waals surface area contributed by atoms with Crippen molar-refractivity contribution in [2.75, 3.05) is 26.2 Å². The van der Waals surface area contributed by atoms with E-state index < -0.39 is 0 Å². The average Bonchev–Trinajstić information content (AvgIpc) is 2.99. The molecule has 114 valence electrons. The van der Waals surface area contributed by atoms with Gasteiger partial charge in [0.2, 0.25) is 5.89 Å². The van der Waals surface area contributed by atoms with Crippen LogP contribution >= 0.6 is 0 Å². The summed E-state index contributed by atoms with van der Waals surface area (Å²) in [6.07, 6.45) is 2.43. The van der Waals surface area contributed by atoms with Crippen molar-refractivity contribution in [2.45, 2.75) is 51.6 Å². The average molecular weight is 282 g/mol. The zero-order chi connectivity index (χ0) is 14.6. The number of rotatable bonds is 6. The van der Waals surface area contributed by atoms with Crippen molar-refractivity contribution in [1.82, 2.24) is 20.4 Å². The predicted octanol–water partition coefficient (Wildman–Crippen LogP) is 0.913. The van der Waals surface area contributed by atoms with Crippen LogP contribution in [0.15, 0.2) is 4.52 Å². The Labute approximate surface area is 120 Å². The number of aromatic nitrogens is 2. The van der Waals surface area contributed by atoms with Gasteiger partial charge in [0.25, 0.3) is 0 Å². The Hall–Kier alpha value is -0.980. The van der Waals surface area contributed by atoms with Gasteiger partial charge in [0.05, 0.1) is 13.2 Å². The summed E-state index contributed by atoms with van der Waals surface area (Å²) in [6, 6.07) is 0.510. The lowest BCUT2D eigenvalue weighted by Crippen LogP contribution is -2.38. The summed E-state index contributed by atoms with van der Waals surface area (Å²) in [6.45, 7) is 9.58. The molecule has 2 rings (SSSR count). The normalized spacial score (nSPS) is 19.9. The Morgan fingerprint density at radius 3 is 2.80 bits per heavy atom. The molecule has 1 atom stereocenters. The lowest BCUT2D eigenvalue weighted by Gasteiger charge is -2.23. The molecule has 0 aromatic carbocycles. The molecule has 1 aromatic rings. The molecule has 0 aliphatic carbocycles. The minimum Gasteiger partial charge on any atom is -0.395 e. The number of hydrogen-bond donors (Lipinski definition) is 2. The van der Waals surface area contributed by atoms with Crippen molar-refractivity contribution >= 4 is 0 Å². The van der Waals surface area contributed by atoms with Gasteiger partial charge >= 0.3 is 0 Å². The summed E-state index contributed by atoms with van der Waals surface area (Å²) in [5, 5.41) is 16.7. The van der Waals surface area contributed by atoms with Crippen molar-refractivity contribution < 1.29 is 9.63 Å². The number of aliphatic hydroxyl groups excluding tert-OH is 1. The number of aliphatic hydroxyl groups is 1. The van der Waals surface area contributed by atoms with Crippen LogP contribution in [-0.2, 0) is 12.0 Å². The van der Waals surface area contributed by atoms with Gasteiger partial charge in [-0.05, 0) is 19.4 Å². The first-order valence-corrected chi connectivity index (χ1v) is 7.38. The largest absolute Gasteiger partial charge is 0.395 e. The van der Waals surface area contributed by atoms with Gasteiger partial charge in [0, 0.05) is 24.5 Å². The maximum atomic E-state index is 9.20. The summed E-state index contributed by atoms with van der Waals surface area (Å²) in [7, 11) is 0. The Kier molecular flexibility index (Phi) is 5.12. The first kappa shape index (κ1) is 15.4. The highest BCUT2D eigenvalue weighted by atomic mass is 16.5. The fourth-order valence-corrected chi connectivity index (χ4v) is 2.42. The molecule has 1 aromatic heterocycles. The first-order valence-electron chi connectivity index (χ1n) is 7.38. The summed E-state index contributed by atoms with van der Waals surface area (Å²) >= 11 is 0. The molecule has 1 fully saturated rings. The molecule has 0 spiro atoms. The molecule has 2 N–H and O–H groups in total. The second kappa shape index (κ2) is 6.65. The summed E-state index contributed by atoms with van der Waals surface area (Å²) in [5.41, 5.74) is -0.125.